The van der Waals surface area contributed by atoms with E-state index >= 15 is 0 Å². The number of hydrogen-bond acceptors (Lipinski definition) is 3. The first-order valence-corrected chi connectivity index (χ1v) is 8.87. The first kappa shape index (κ1) is 14.9. The second-order valence-electron chi connectivity index (χ2n) is 5.86. The summed E-state index contributed by atoms with van der Waals surface area (Å²) in [7, 11) is 4.36. The van der Waals surface area contributed by atoms with Gasteiger partial charge in [-0.3, -0.25) is 0 Å². The molecule has 1 heterocycles. The summed E-state index contributed by atoms with van der Waals surface area (Å²) in [6.45, 7) is 1.20. The van der Waals surface area contributed by atoms with Crippen LogP contribution >= 0.6 is 11.8 Å². The largest absolute Gasteiger partial charge is 0.315 e. The van der Waals surface area contributed by atoms with Crippen LogP contribution < -0.4 is 5.32 Å². The highest BCUT2D eigenvalue weighted by Gasteiger charge is 2.27. The smallest absolute Gasteiger partial charge is 0.0340 e. The Morgan fingerprint density at radius 1 is 1.24 bits per heavy atom. The number of rotatable bonds is 4. The molecule has 0 amide bonds. The molecule has 1 fully saturated rings. The summed E-state index contributed by atoms with van der Waals surface area (Å²) in [4.78, 5) is 2.52. The Morgan fingerprint density at radius 2 is 2.05 bits per heavy atom. The van der Waals surface area contributed by atoms with Gasteiger partial charge in [0.1, 0.15) is 0 Å². The predicted molar refractivity (Wildman–Crippen MR) is 94.2 cm³/mol. The van der Waals surface area contributed by atoms with Gasteiger partial charge in [-0.2, -0.15) is 11.8 Å². The van der Waals surface area contributed by atoms with Gasteiger partial charge < -0.3 is 10.2 Å². The molecule has 21 heavy (non-hydrogen) atoms. The minimum absolute atomic E-state index is 0.508. The van der Waals surface area contributed by atoms with E-state index in [1.807, 2.05) is 0 Å². The van der Waals surface area contributed by atoms with Gasteiger partial charge in [-0.1, -0.05) is 42.5 Å². The lowest BCUT2D eigenvalue weighted by atomic mass is 9.95. The summed E-state index contributed by atoms with van der Waals surface area (Å²) in [6.07, 6.45) is 1.09. The minimum atomic E-state index is 0.508. The van der Waals surface area contributed by atoms with Crippen LogP contribution in [0.25, 0.3) is 10.8 Å². The average Bonchev–Trinajstić information content (AvgIpc) is 2.53. The minimum Gasteiger partial charge on any atom is -0.315 e. The van der Waals surface area contributed by atoms with Crippen molar-refractivity contribution in [2.45, 2.75) is 18.5 Å². The molecule has 2 aromatic carbocycles. The van der Waals surface area contributed by atoms with E-state index in [1.54, 1.807) is 0 Å². The molecule has 2 unspecified atom stereocenters. The van der Waals surface area contributed by atoms with Gasteiger partial charge in [0, 0.05) is 30.1 Å². The van der Waals surface area contributed by atoms with Crippen molar-refractivity contribution in [2.75, 3.05) is 32.1 Å². The van der Waals surface area contributed by atoms with Crippen LogP contribution in [0.5, 0.6) is 0 Å². The molecule has 112 valence electrons. The zero-order valence-corrected chi connectivity index (χ0v) is 13.7. The van der Waals surface area contributed by atoms with Gasteiger partial charge in [0.05, 0.1) is 0 Å². The fraction of sp³-hybridized carbons (Fsp3) is 0.444. The van der Waals surface area contributed by atoms with Gasteiger partial charge in [-0.15, -0.1) is 0 Å². The highest BCUT2D eigenvalue weighted by molar-refractivity contribution is 7.99. The van der Waals surface area contributed by atoms with Crippen LogP contribution in [-0.2, 0) is 6.42 Å². The number of hydrogen-bond donors (Lipinski definition) is 1. The molecule has 3 rings (SSSR count). The second-order valence-corrected chi connectivity index (χ2v) is 7.01. The van der Waals surface area contributed by atoms with Crippen molar-refractivity contribution in [3.63, 3.8) is 0 Å². The Hall–Kier alpha value is -1.03. The molecule has 2 aromatic rings. The number of fused-ring (bicyclic) bond motifs is 1. The van der Waals surface area contributed by atoms with Crippen molar-refractivity contribution in [2.24, 2.45) is 0 Å². The van der Waals surface area contributed by atoms with Crippen LogP contribution in [0.2, 0.25) is 0 Å². The van der Waals surface area contributed by atoms with Gasteiger partial charge in [0.15, 0.2) is 0 Å². The van der Waals surface area contributed by atoms with Crippen LogP contribution in [0.15, 0.2) is 42.5 Å². The van der Waals surface area contributed by atoms with E-state index in [-0.39, 0.29) is 0 Å². The Bertz CT molecular complexity index is 593. The number of likely N-dealkylation sites (N-methyl/N-ethyl adjacent to an activating group) is 2. The third kappa shape index (κ3) is 3.25. The molecule has 1 aliphatic heterocycles. The maximum atomic E-state index is 3.56. The number of nitrogens with one attached hydrogen (secondary N) is 1. The second kappa shape index (κ2) is 6.82. The molecule has 0 radical (unpaired) electrons. The topological polar surface area (TPSA) is 15.3 Å². The molecule has 3 heteroatoms. The third-order valence-electron chi connectivity index (χ3n) is 4.60. The zero-order chi connectivity index (χ0) is 14.7. The standard InChI is InChI=1S/C18H24N2S/c1-19-17(18-13-21-11-10-20(18)2)12-15-8-5-7-14-6-3-4-9-16(14)15/h3-9,17-19H,10-13H2,1-2H3. The SMILES string of the molecule is CNC(Cc1cccc2ccccc12)C1CSCCN1C. The quantitative estimate of drug-likeness (QED) is 0.934. The van der Waals surface area contributed by atoms with Crippen LogP contribution in [0.4, 0.5) is 0 Å². The molecule has 0 bridgehead atoms. The summed E-state index contributed by atoms with van der Waals surface area (Å²) in [5.74, 6) is 2.49. The maximum absolute atomic E-state index is 3.56. The first-order valence-electron chi connectivity index (χ1n) is 7.71. The van der Waals surface area contributed by atoms with Crippen molar-refractivity contribution in [3.05, 3.63) is 48.0 Å². The molecule has 1 N–H and O–H groups in total. The Labute approximate surface area is 131 Å². The molecule has 0 spiro atoms. The van der Waals surface area contributed by atoms with E-state index in [0.717, 1.165) is 6.42 Å². The summed E-state index contributed by atoms with van der Waals surface area (Å²) in [6, 6.07) is 16.5. The van der Waals surface area contributed by atoms with E-state index < -0.39 is 0 Å². The first-order chi connectivity index (χ1) is 10.3. The van der Waals surface area contributed by atoms with Crippen molar-refractivity contribution < 1.29 is 0 Å². The molecule has 0 aromatic heterocycles. The molecule has 0 saturated carbocycles. The van der Waals surface area contributed by atoms with E-state index in [4.69, 9.17) is 0 Å². The molecule has 1 aliphatic rings. The van der Waals surface area contributed by atoms with Gasteiger partial charge in [0.25, 0.3) is 0 Å². The van der Waals surface area contributed by atoms with Gasteiger partial charge >= 0.3 is 0 Å². The van der Waals surface area contributed by atoms with Crippen molar-refractivity contribution >= 4 is 22.5 Å². The van der Waals surface area contributed by atoms with E-state index in [1.165, 1.54) is 34.4 Å². The van der Waals surface area contributed by atoms with Gasteiger partial charge in [-0.05, 0) is 36.9 Å². The molecule has 0 aliphatic carbocycles. The summed E-state index contributed by atoms with van der Waals surface area (Å²) >= 11 is 2.08. The predicted octanol–water partition coefficient (Wildman–Crippen LogP) is 3.02. The van der Waals surface area contributed by atoms with Crippen LogP contribution in [0.1, 0.15) is 5.56 Å². The summed E-state index contributed by atoms with van der Waals surface area (Å²) in [5, 5.41) is 6.30. The summed E-state index contributed by atoms with van der Waals surface area (Å²) < 4.78 is 0. The third-order valence-corrected chi connectivity index (χ3v) is 5.65. The highest BCUT2D eigenvalue weighted by atomic mass is 32.2. The molecular formula is C18H24N2S. The molecular weight excluding hydrogens is 276 g/mol. The molecule has 2 atom stereocenters. The van der Waals surface area contributed by atoms with E-state index in [2.05, 4.69) is 78.5 Å². The fourth-order valence-corrected chi connectivity index (χ4v) is 4.58. The van der Waals surface area contributed by atoms with E-state index in [9.17, 15) is 0 Å². The van der Waals surface area contributed by atoms with Crippen molar-refractivity contribution in [1.82, 2.24) is 10.2 Å². The Balaban J connectivity index is 1.85. The Kier molecular flexibility index (Phi) is 4.84. The number of thioether (sulfide) groups is 1. The van der Waals surface area contributed by atoms with Crippen LogP contribution in [0, 0.1) is 0 Å². The lowest BCUT2D eigenvalue weighted by Gasteiger charge is -2.38. The van der Waals surface area contributed by atoms with E-state index in [0.29, 0.717) is 12.1 Å². The normalized spacial score (nSPS) is 21.5. The van der Waals surface area contributed by atoms with Gasteiger partial charge in [-0.25, -0.2) is 0 Å². The number of benzene rings is 2. The summed E-state index contributed by atoms with van der Waals surface area (Å²) in [5.41, 5.74) is 1.46. The average molecular weight is 300 g/mol. The molecule has 1 saturated heterocycles. The van der Waals surface area contributed by atoms with Crippen molar-refractivity contribution in [3.8, 4) is 0 Å². The van der Waals surface area contributed by atoms with Crippen molar-refractivity contribution in [1.29, 1.82) is 0 Å². The highest BCUT2D eigenvalue weighted by Crippen LogP contribution is 2.23. The van der Waals surface area contributed by atoms with Crippen LogP contribution in [-0.4, -0.2) is 49.1 Å². The lowest BCUT2D eigenvalue weighted by molar-refractivity contribution is 0.219. The molecule has 2 nitrogen and oxygen atoms in total. The fourth-order valence-electron chi connectivity index (χ4n) is 3.27. The number of nitrogens with zero attached hydrogens (tertiary/aromatic N) is 1. The zero-order valence-electron chi connectivity index (χ0n) is 12.9. The monoisotopic (exact) mass is 300 g/mol. The van der Waals surface area contributed by atoms with Gasteiger partial charge in [0.2, 0.25) is 0 Å². The van der Waals surface area contributed by atoms with Crippen LogP contribution in [0.3, 0.4) is 0 Å². The maximum Gasteiger partial charge on any atom is 0.0340 e. The Morgan fingerprint density at radius 3 is 2.86 bits per heavy atom. The lowest BCUT2D eigenvalue weighted by Crippen LogP contribution is -2.52.